The maximum absolute atomic E-state index is 12.5. The third-order valence-corrected chi connectivity index (χ3v) is 4.14. The Labute approximate surface area is 170 Å². The van der Waals surface area contributed by atoms with Gasteiger partial charge in [-0.2, -0.15) is 0 Å². The standard InChI is InChI=1S/C18H17ClN4O6/c1-26-15-7-13(28-22-15)17(24)20-9-12(10-3-5-11(19)6-4-10)21-18(25)14-8-16(27-2)23-29-14/h3-8,12H,9H2,1-2H3,(H,20,24)(H,21,25)/t12-/m1/s1. The second-order valence-electron chi connectivity index (χ2n) is 5.75. The number of halogens is 1. The Morgan fingerprint density at radius 1 is 1.00 bits per heavy atom. The third-order valence-electron chi connectivity index (χ3n) is 3.89. The van der Waals surface area contributed by atoms with Gasteiger partial charge in [0, 0.05) is 11.6 Å². The first-order valence-corrected chi connectivity index (χ1v) is 8.74. The predicted octanol–water partition coefficient (Wildman–Crippen LogP) is 2.23. The van der Waals surface area contributed by atoms with E-state index in [4.69, 9.17) is 30.1 Å². The molecule has 0 aliphatic rings. The monoisotopic (exact) mass is 420 g/mol. The third kappa shape index (κ3) is 5.05. The molecular weight excluding hydrogens is 404 g/mol. The molecule has 0 spiro atoms. The molecule has 3 rings (SSSR count). The number of nitrogens with one attached hydrogen (secondary N) is 2. The smallest absolute Gasteiger partial charge is 0.290 e. The van der Waals surface area contributed by atoms with Gasteiger partial charge < -0.3 is 29.2 Å². The molecule has 11 heteroatoms. The number of hydrogen-bond acceptors (Lipinski definition) is 8. The van der Waals surface area contributed by atoms with Crippen LogP contribution >= 0.6 is 11.6 Å². The molecule has 3 aromatic rings. The lowest BCUT2D eigenvalue weighted by Crippen LogP contribution is -2.37. The Kier molecular flexibility index (Phi) is 6.35. The molecule has 1 atom stereocenters. The van der Waals surface area contributed by atoms with Gasteiger partial charge in [-0.1, -0.05) is 23.7 Å². The van der Waals surface area contributed by atoms with Gasteiger partial charge in [-0.05, 0) is 28.0 Å². The molecule has 0 aliphatic heterocycles. The van der Waals surface area contributed by atoms with Crippen molar-refractivity contribution in [2.75, 3.05) is 20.8 Å². The molecule has 2 N–H and O–H groups in total. The predicted molar refractivity (Wildman–Crippen MR) is 100 cm³/mol. The van der Waals surface area contributed by atoms with Gasteiger partial charge >= 0.3 is 0 Å². The SMILES string of the molecule is COc1cc(C(=O)NC[C@@H](NC(=O)c2cc(OC)no2)c2ccc(Cl)cc2)on1. The fourth-order valence-corrected chi connectivity index (χ4v) is 2.51. The van der Waals surface area contributed by atoms with Crippen LogP contribution in [-0.2, 0) is 0 Å². The van der Waals surface area contributed by atoms with Crippen molar-refractivity contribution in [3.8, 4) is 11.8 Å². The van der Waals surface area contributed by atoms with Gasteiger partial charge in [-0.3, -0.25) is 9.59 Å². The van der Waals surface area contributed by atoms with Crippen molar-refractivity contribution in [3.05, 3.63) is 58.5 Å². The second-order valence-corrected chi connectivity index (χ2v) is 6.19. The summed E-state index contributed by atoms with van der Waals surface area (Å²) in [6.45, 7) is 0.0560. The van der Waals surface area contributed by atoms with E-state index in [1.54, 1.807) is 24.3 Å². The average Bonchev–Trinajstić information content (AvgIpc) is 3.41. The molecule has 0 fully saturated rings. The van der Waals surface area contributed by atoms with Crippen molar-refractivity contribution >= 4 is 23.4 Å². The maximum Gasteiger partial charge on any atom is 0.290 e. The summed E-state index contributed by atoms with van der Waals surface area (Å²) in [7, 11) is 2.81. The zero-order valence-corrected chi connectivity index (χ0v) is 16.2. The van der Waals surface area contributed by atoms with E-state index >= 15 is 0 Å². The van der Waals surface area contributed by atoms with Crippen molar-refractivity contribution < 1.29 is 28.1 Å². The normalized spacial score (nSPS) is 11.6. The van der Waals surface area contributed by atoms with Crippen LogP contribution in [0.2, 0.25) is 5.02 Å². The zero-order chi connectivity index (χ0) is 20.8. The number of carbonyl (C=O) groups is 2. The molecule has 2 heterocycles. The van der Waals surface area contributed by atoms with Gasteiger partial charge in [-0.15, -0.1) is 0 Å². The van der Waals surface area contributed by atoms with Gasteiger partial charge in [-0.25, -0.2) is 0 Å². The van der Waals surface area contributed by atoms with Crippen molar-refractivity contribution in [2.45, 2.75) is 6.04 Å². The highest BCUT2D eigenvalue weighted by Crippen LogP contribution is 2.18. The minimum absolute atomic E-state index is 0.0250. The number of carbonyl (C=O) groups excluding carboxylic acids is 2. The summed E-state index contributed by atoms with van der Waals surface area (Å²) in [4.78, 5) is 24.8. The maximum atomic E-state index is 12.5. The molecule has 0 saturated heterocycles. The topological polar surface area (TPSA) is 129 Å². The van der Waals surface area contributed by atoms with Crippen LogP contribution in [-0.4, -0.2) is 42.9 Å². The molecule has 0 radical (unpaired) electrons. The van der Waals surface area contributed by atoms with Crippen molar-refractivity contribution in [2.24, 2.45) is 0 Å². The Hall–Kier alpha value is -3.53. The minimum Gasteiger partial charge on any atom is -0.479 e. The van der Waals surface area contributed by atoms with Gasteiger partial charge in [0.1, 0.15) is 0 Å². The van der Waals surface area contributed by atoms with E-state index in [0.717, 1.165) is 0 Å². The molecule has 0 aliphatic carbocycles. The summed E-state index contributed by atoms with van der Waals surface area (Å²) in [5.41, 5.74) is 0.713. The first kappa shape index (κ1) is 20.2. The van der Waals surface area contributed by atoms with E-state index in [1.807, 2.05) is 0 Å². The number of amides is 2. The number of aromatic nitrogens is 2. The largest absolute Gasteiger partial charge is 0.479 e. The lowest BCUT2D eigenvalue weighted by Gasteiger charge is -2.19. The Bertz CT molecular complexity index is 984. The molecule has 29 heavy (non-hydrogen) atoms. The van der Waals surface area contributed by atoms with Crippen LogP contribution in [0.25, 0.3) is 0 Å². The lowest BCUT2D eigenvalue weighted by atomic mass is 10.1. The molecule has 152 valence electrons. The zero-order valence-electron chi connectivity index (χ0n) is 15.5. The van der Waals surface area contributed by atoms with E-state index in [-0.39, 0.29) is 29.8 Å². The van der Waals surface area contributed by atoms with E-state index in [2.05, 4.69) is 20.9 Å². The van der Waals surface area contributed by atoms with Crippen molar-refractivity contribution in [1.82, 2.24) is 20.9 Å². The van der Waals surface area contributed by atoms with E-state index in [9.17, 15) is 9.59 Å². The van der Waals surface area contributed by atoms with Gasteiger partial charge in [0.05, 0.1) is 32.4 Å². The van der Waals surface area contributed by atoms with Crippen LogP contribution in [0.15, 0.2) is 45.4 Å². The highest BCUT2D eigenvalue weighted by molar-refractivity contribution is 6.30. The van der Waals surface area contributed by atoms with Crippen LogP contribution in [0.5, 0.6) is 11.8 Å². The molecule has 0 saturated carbocycles. The molecule has 2 aromatic heterocycles. The molecule has 2 amide bonds. The summed E-state index contributed by atoms with van der Waals surface area (Å²) in [6, 6.07) is 8.94. The van der Waals surface area contributed by atoms with Gasteiger partial charge in [0.25, 0.3) is 23.6 Å². The number of methoxy groups -OCH3 is 2. The van der Waals surface area contributed by atoms with Crippen LogP contribution < -0.4 is 20.1 Å². The quantitative estimate of drug-likeness (QED) is 0.567. The van der Waals surface area contributed by atoms with E-state index in [1.165, 1.54) is 26.4 Å². The second kappa shape index (κ2) is 9.11. The Morgan fingerprint density at radius 3 is 2.07 bits per heavy atom. The summed E-state index contributed by atoms with van der Waals surface area (Å²) >= 11 is 5.93. The van der Waals surface area contributed by atoms with E-state index < -0.39 is 17.9 Å². The van der Waals surface area contributed by atoms with E-state index in [0.29, 0.717) is 10.6 Å². The summed E-state index contributed by atoms with van der Waals surface area (Å²) in [6.07, 6.45) is 0. The number of benzene rings is 1. The number of hydrogen-bond donors (Lipinski definition) is 2. The molecule has 10 nitrogen and oxygen atoms in total. The Balaban J connectivity index is 1.73. The number of nitrogens with zero attached hydrogens (tertiary/aromatic N) is 2. The number of rotatable bonds is 8. The van der Waals surface area contributed by atoms with Gasteiger partial charge in [0.2, 0.25) is 11.5 Å². The first-order chi connectivity index (χ1) is 14.0. The average molecular weight is 421 g/mol. The van der Waals surface area contributed by atoms with Crippen LogP contribution in [0, 0.1) is 0 Å². The summed E-state index contributed by atoms with van der Waals surface area (Å²) in [5, 5.41) is 13.2. The summed E-state index contributed by atoms with van der Waals surface area (Å²) in [5.74, 6) is -0.760. The van der Waals surface area contributed by atoms with Crippen LogP contribution in [0.3, 0.4) is 0 Å². The fraction of sp³-hybridized carbons (Fsp3) is 0.222. The van der Waals surface area contributed by atoms with Crippen LogP contribution in [0.1, 0.15) is 32.7 Å². The fourth-order valence-electron chi connectivity index (χ4n) is 2.38. The molecular formula is C18H17ClN4O6. The van der Waals surface area contributed by atoms with Gasteiger partial charge in [0.15, 0.2) is 0 Å². The molecule has 0 unspecified atom stereocenters. The lowest BCUT2D eigenvalue weighted by molar-refractivity contribution is 0.0871. The molecule has 0 bridgehead atoms. The number of ether oxygens (including phenoxy) is 2. The molecule has 1 aromatic carbocycles. The first-order valence-electron chi connectivity index (χ1n) is 8.36. The van der Waals surface area contributed by atoms with Crippen molar-refractivity contribution in [3.63, 3.8) is 0 Å². The van der Waals surface area contributed by atoms with Crippen LogP contribution in [0.4, 0.5) is 0 Å². The van der Waals surface area contributed by atoms with Crippen molar-refractivity contribution in [1.29, 1.82) is 0 Å². The highest BCUT2D eigenvalue weighted by Gasteiger charge is 2.21. The highest BCUT2D eigenvalue weighted by atomic mass is 35.5. The Morgan fingerprint density at radius 2 is 1.55 bits per heavy atom. The summed E-state index contributed by atoms with van der Waals surface area (Å²) < 4.78 is 19.6. The minimum atomic E-state index is -0.593.